The summed E-state index contributed by atoms with van der Waals surface area (Å²) in [7, 11) is 0. The first-order valence-corrected chi connectivity index (χ1v) is 8.33. The van der Waals surface area contributed by atoms with Crippen molar-refractivity contribution in [1.82, 2.24) is 14.5 Å². The van der Waals surface area contributed by atoms with Gasteiger partial charge >= 0.3 is 0 Å². The summed E-state index contributed by atoms with van der Waals surface area (Å²) < 4.78 is 7.77. The molecule has 0 bridgehead atoms. The van der Waals surface area contributed by atoms with E-state index in [1.165, 1.54) is 6.42 Å². The van der Waals surface area contributed by atoms with Crippen LogP contribution in [0.5, 0.6) is 0 Å². The van der Waals surface area contributed by atoms with E-state index in [0.717, 1.165) is 53.6 Å². The summed E-state index contributed by atoms with van der Waals surface area (Å²) in [6, 6.07) is 9.80. The lowest BCUT2D eigenvalue weighted by Crippen LogP contribution is -2.22. The van der Waals surface area contributed by atoms with Crippen molar-refractivity contribution in [3.63, 3.8) is 0 Å². The van der Waals surface area contributed by atoms with Crippen LogP contribution in [0.25, 0.3) is 22.4 Å². The zero-order valence-corrected chi connectivity index (χ0v) is 13.5. The van der Waals surface area contributed by atoms with Crippen molar-refractivity contribution in [2.24, 2.45) is 5.92 Å². The third-order valence-electron chi connectivity index (χ3n) is 4.31. The maximum absolute atomic E-state index is 6.04. The largest absolute Gasteiger partial charge is 0.381 e. The quantitative estimate of drug-likeness (QED) is 0.724. The summed E-state index contributed by atoms with van der Waals surface area (Å²) in [6.45, 7) is 2.65. The smallest absolute Gasteiger partial charge is 0.158 e. The molecule has 1 saturated heterocycles. The number of rotatable bonds is 3. The Hall–Kier alpha value is -1.91. The van der Waals surface area contributed by atoms with Gasteiger partial charge in [0.15, 0.2) is 5.82 Å². The van der Waals surface area contributed by atoms with Gasteiger partial charge in [-0.3, -0.25) is 0 Å². The van der Waals surface area contributed by atoms with Gasteiger partial charge in [0.2, 0.25) is 0 Å². The number of hydrogen-bond donors (Lipinski definition) is 0. The third-order valence-corrected chi connectivity index (χ3v) is 4.54. The van der Waals surface area contributed by atoms with Gasteiger partial charge < -0.3 is 9.30 Å². The summed E-state index contributed by atoms with van der Waals surface area (Å²) in [6.07, 6.45) is 6.22. The van der Waals surface area contributed by atoms with Gasteiger partial charge in [-0.2, -0.15) is 0 Å². The SMILES string of the molecule is Clc1ccc2nc(-c3nccn3CC3CCCOC3)ccc2c1. The van der Waals surface area contributed by atoms with Gasteiger partial charge in [-0.25, -0.2) is 9.97 Å². The van der Waals surface area contributed by atoms with Crippen molar-refractivity contribution in [2.75, 3.05) is 13.2 Å². The predicted molar refractivity (Wildman–Crippen MR) is 91.5 cm³/mol. The number of fused-ring (bicyclic) bond motifs is 1. The van der Waals surface area contributed by atoms with Crippen molar-refractivity contribution in [1.29, 1.82) is 0 Å². The van der Waals surface area contributed by atoms with Crippen LogP contribution in [0.2, 0.25) is 5.02 Å². The summed E-state index contributed by atoms with van der Waals surface area (Å²) in [5, 5.41) is 1.77. The van der Waals surface area contributed by atoms with E-state index in [2.05, 4.69) is 9.55 Å². The van der Waals surface area contributed by atoms with Crippen molar-refractivity contribution in [3.8, 4) is 11.5 Å². The number of benzene rings is 1. The van der Waals surface area contributed by atoms with Crippen LogP contribution in [-0.4, -0.2) is 27.7 Å². The Morgan fingerprint density at radius 1 is 1.26 bits per heavy atom. The minimum absolute atomic E-state index is 0.552. The maximum Gasteiger partial charge on any atom is 0.158 e. The van der Waals surface area contributed by atoms with E-state index in [0.29, 0.717) is 5.92 Å². The standard InChI is InChI=1S/C18H18ClN3O/c19-15-4-6-16-14(10-15)3-5-17(21-16)18-20-7-8-22(18)11-13-2-1-9-23-12-13/h3-8,10,13H,1-2,9,11-12H2. The maximum atomic E-state index is 6.04. The Labute approximate surface area is 140 Å². The molecule has 0 aliphatic carbocycles. The molecule has 0 amide bonds. The number of ether oxygens (including phenoxy) is 1. The lowest BCUT2D eigenvalue weighted by Gasteiger charge is -2.23. The molecule has 0 saturated carbocycles. The molecule has 118 valence electrons. The van der Waals surface area contributed by atoms with Crippen molar-refractivity contribution >= 4 is 22.5 Å². The molecule has 4 nitrogen and oxygen atoms in total. The molecule has 3 aromatic rings. The average Bonchev–Trinajstić information content (AvgIpc) is 3.03. The van der Waals surface area contributed by atoms with E-state index < -0.39 is 0 Å². The number of hydrogen-bond acceptors (Lipinski definition) is 3. The summed E-state index contributed by atoms with van der Waals surface area (Å²) in [5.74, 6) is 1.46. The van der Waals surface area contributed by atoms with Crippen LogP contribution in [0, 0.1) is 5.92 Å². The Kier molecular flexibility index (Phi) is 4.02. The summed E-state index contributed by atoms with van der Waals surface area (Å²) in [4.78, 5) is 9.25. The van der Waals surface area contributed by atoms with Gasteiger partial charge in [0.1, 0.15) is 5.69 Å². The molecule has 0 radical (unpaired) electrons. The third kappa shape index (κ3) is 3.09. The molecular formula is C18H18ClN3O. The van der Waals surface area contributed by atoms with Crippen LogP contribution in [-0.2, 0) is 11.3 Å². The van der Waals surface area contributed by atoms with Crippen LogP contribution in [0.15, 0.2) is 42.7 Å². The highest BCUT2D eigenvalue weighted by molar-refractivity contribution is 6.31. The van der Waals surface area contributed by atoms with Crippen molar-refractivity contribution in [2.45, 2.75) is 19.4 Å². The van der Waals surface area contributed by atoms with Gasteiger partial charge in [-0.1, -0.05) is 17.7 Å². The zero-order chi connectivity index (χ0) is 15.6. The molecule has 1 aliphatic heterocycles. The van der Waals surface area contributed by atoms with Crippen LogP contribution in [0.4, 0.5) is 0 Å². The van der Waals surface area contributed by atoms with E-state index in [1.54, 1.807) is 0 Å². The highest BCUT2D eigenvalue weighted by Gasteiger charge is 2.17. The molecule has 3 heterocycles. The molecule has 4 rings (SSSR count). The summed E-state index contributed by atoms with van der Waals surface area (Å²) >= 11 is 6.04. The second-order valence-corrected chi connectivity index (χ2v) is 6.46. The molecule has 1 atom stereocenters. The number of pyridine rings is 1. The monoisotopic (exact) mass is 327 g/mol. The second kappa shape index (κ2) is 6.30. The van der Waals surface area contributed by atoms with Crippen LogP contribution < -0.4 is 0 Å². The molecule has 1 unspecified atom stereocenters. The predicted octanol–water partition coefficient (Wildman–Crippen LogP) is 4.18. The topological polar surface area (TPSA) is 39.9 Å². The van der Waals surface area contributed by atoms with Crippen LogP contribution in [0.1, 0.15) is 12.8 Å². The minimum Gasteiger partial charge on any atom is -0.381 e. The molecule has 5 heteroatoms. The molecule has 1 fully saturated rings. The van der Waals surface area contributed by atoms with Gasteiger partial charge in [-0.15, -0.1) is 0 Å². The summed E-state index contributed by atoms with van der Waals surface area (Å²) in [5.41, 5.74) is 1.82. The fourth-order valence-electron chi connectivity index (χ4n) is 3.14. The molecule has 1 aromatic carbocycles. The Balaban J connectivity index is 1.65. The fourth-order valence-corrected chi connectivity index (χ4v) is 3.32. The number of halogens is 1. The lowest BCUT2D eigenvalue weighted by molar-refractivity contribution is 0.0485. The van der Waals surface area contributed by atoms with Gasteiger partial charge in [-0.05, 0) is 37.1 Å². The number of imidazole rings is 1. The highest BCUT2D eigenvalue weighted by atomic mass is 35.5. The second-order valence-electron chi connectivity index (χ2n) is 6.02. The zero-order valence-electron chi connectivity index (χ0n) is 12.8. The minimum atomic E-state index is 0.552. The number of aromatic nitrogens is 3. The van der Waals surface area contributed by atoms with E-state index in [9.17, 15) is 0 Å². The van der Waals surface area contributed by atoms with E-state index in [-0.39, 0.29) is 0 Å². The van der Waals surface area contributed by atoms with E-state index >= 15 is 0 Å². The van der Waals surface area contributed by atoms with E-state index in [1.807, 2.05) is 42.7 Å². The highest BCUT2D eigenvalue weighted by Crippen LogP contribution is 2.24. The van der Waals surface area contributed by atoms with Crippen LogP contribution in [0.3, 0.4) is 0 Å². The fraction of sp³-hybridized carbons (Fsp3) is 0.333. The molecule has 23 heavy (non-hydrogen) atoms. The first-order valence-electron chi connectivity index (χ1n) is 7.95. The van der Waals surface area contributed by atoms with E-state index in [4.69, 9.17) is 21.3 Å². The Morgan fingerprint density at radius 3 is 3.09 bits per heavy atom. The molecular weight excluding hydrogens is 310 g/mol. The van der Waals surface area contributed by atoms with Gasteiger partial charge in [0.05, 0.1) is 12.1 Å². The average molecular weight is 328 g/mol. The molecule has 0 N–H and O–H groups in total. The molecule has 2 aromatic heterocycles. The Morgan fingerprint density at radius 2 is 2.22 bits per heavy atom. The van der Waals surface area contributed by atoms with Gasteiger partial charge in [0, 0.05) is 41.9 Å². The lowest BCUT2D eigenvalue weighted by atomic mass is 10.0. The number of nitrogens with zero attached hydrogens (tertiary/aromatic N) is 3. The van der Waals surface area contributed by atoms with Crippen molar-refractivity contribution < 1.29 is 4.74 Å². The van der Waals surface area contributed by atoms with Gasteiger partial charge in [0.25, 0.3) is 0 Å². The first kappa shape index (κ1) is 14.7. The Bertz CT molecular complexity index is 824. The molecule has 0 spiro atoms. The van der Waals surface area contributed by atoms with Crippen LogP contribution >= 0.6 is 11.6 Å². The van der Waals surface area contributed by atoms with Crippen molar-refractivity contribution in [3.05, 3.63) is 47.7 Å². The molecule has 1 aliphatic rings. The normalized spacial score (nSPS) is 18.4. The first-order chi connectivity index (χ1) is 11.3.